The number of nitrogens with zero attached hydrogens (tertiary/aromatic N) is 6. The summed E-state index contributed by atoms with van der Waals surface area (Å²) in [6.07, 6.45) is 8.05. The van der Waals surface area contributed by atoms with Gasteiger partial charge in [-0.25, -0.2) is 9.97 Å². The molecule has 0 aliphatic carbocycles. The molecule has 9 heteroatoms. The summed E-state index contributed by atoms with van der Waals surface area (Å²) in [4.78, 5) is 19.6. The second kappa shape index (κ2) is 7.25. The lowest BCUT2D eigenvalue weighted by molar-refractivity contribution is 0.288. The highest BCUT2D eigenvalue weighted by Crippen LogP contribution is 2.39. The minimum atomic E-state index is 0.121. The van der Waals surface area contributed by atoms with Crippen molar-refractivity contribution in [2.24, 2.45) is 0 Å². The summed E-state index contributed by atoms with van der Waals surface area (Å²) >= 11 is 6.76. The van der Waals surface area contributed by atoms with Crippen LogP contribution in [0, 0.1) is 6.92 Å². The van der Waals surface area contributed by atoms with Crippen LogP contribution >= 0.6 is 11.6 Å². The van der Waals surface area contributed by atoms with Gasteiger partial charge in [0, 0.05) is 37.5 Å². The lowest BCUT2D eigenvalue weighted by Crippen LogP contribution is -2.32. The zero-order valence-corrected chi connectivity index (χ0v) is 19.4. The number of piperidine rings is 1. The molecule has 0 radical (unpaired) electrons. The van der Waals surface area contributed by atoms with Crippen LogP contribution in [-0.2, 0) is 5.54 Å². The number of imidazole rings is 1. The highest BCUT2D eigenvalue weighted by molar-refractivity contribution is 6.36. The Balaban J connectivity index is 1.23. The van der Waals surface area contributed by atoms with E-state index in [1.54, 1.807) is 6.20 Å². The first-order valence-electron chi connectivity index (χ1n) is 11.4. The smallest absolute Gasteiger partial charge is 0.148 e. The second-order valence-corrected chi connectivity index (χ2v) is 9.66. The number of aromatic amines is 1. The fourth-order valence-electron chi connectivity index (χ4n) is 5.27. The summed E-state index contributed by atoms with van der Waals surface area (Å²) < 4.78 is 8.25. The molecule has 0 amide bonds. The molecule has 0 unspecified atom stereocenters. The van der Waals surface area contributed by atoms with E-state index in [9.17, 15) is 0 Å². The van der Waals surface area contributed by atoms with E-state index >= 15 is 0 Å². The van der Waals surface area contributed by atoms with Crippen molar-refractivity contribution >= 4 is 33.7 Å². The quantitative estimate of drug-likeness (QED) is 0.400. The summed E-state index contributed by atoms with van der Waals surface area (Å²) in [6, 6.07) is 9.42. The predicted octanol–water partition coefficient (Wildman–Crippen LogP) is 4.93. The fraction of sp³-hybridized carbons (Fsp3) is 0.280. The minimum Gasteiger partial charge on any atom is -0.456 e. The van der Waals surface area contributed by atoms with Crippen LogP contribution in [0.2, 0.25) is 5.02 Å². The molecular formula is C25H22ClN7O. The number of H-pyrrole nitrogens is 1. The second-order valence-electron chi connectivity index (χ2n) is 9.28. The molecule has 0 spiro atoms. The van der Waals surface area contributed by atoms with Crippen molar-refractivity contribution in [1.82, 2.24) is 34.6 Å². The van der Waals surface area contributed by atoms with Gasteiger partial charge in [-0.05, 0) is 44.0 Å². The van der Waals surface area contributed by atoms with Gasteiger partial charge < -0.3 is 14.6 Å². The number of benzene rings is 2. The molecule has 2 bridgehead atoms. The molecule has 0 saturated carbocycles. The van der Waals surface area contributed by atoms with Gasteiger partial charge in [-0.3, -0.25) is 9.67 Å². The van der Waals surface area contributed by atoms with E-state index in [-0.39, 0.29) is 5.54 Å². The Morgan fingerprint density at radius 1 is 1.06 bits per heavy atom. The van der Waals surface area contributed by atoms with Crippen molar-refractivity contribution in [3.8, 4) is 22.8 Å². The Hall–Kier alpha value is -3.49. The molecule has 2 aliphatic heterocycles. The van der Waals surface area contributed by atoms with Crippen LogP contribution in [-0.4, -0.2) is 54.3 Å². The van der Waals surface area contributed by atoms with Gasteiger partial charge in [0.15, 0.2) is 0 Å². The third kappa shape index (κ3) is 3.09. The summed E-state index contributed by atoms with van der Waals surface area (Å²) in [6.45, 7) is 5.30. The third-order valence-corrected chi connectivity index (χ3v) is 7.45. The monoisotopic (exact) mass is 471 g/mol. The van der Waals surface area contributed by atoms with Crippen LogP contribution in [0.4, 0.5) is 0 Å². The molecule has 3 aromatic heterocycles. The predicted molar refractivity (Wildman–Crippen MR) is 130 cm³/mol. The maximum atomic E-state index is 6.76. The van der Waals surface area contributed by atoms with Gasteiger partial charge in [0.1, 0.15) is 27.9 Å². The number of ether oxygens (including phenoxy) is 1. The summed E-state index contributed by atoms with van der Waals surface area (Å²) in [7, 11) is 0. The Morgan fingerprint density at radius 2 is 1.91 bits per heavy atom. The van der Waals surface area contributed by atoms with Crippen molar-refractivity contribution in [3.63, 3.8) is 0 Å². The molecule has 1 N–H and O–H groups in total. The number of halogens is 1. The lowest BCUT2D eigenvalue weighted by Gasteiger charge is -2.25. The summed E-state index contributed by atoms with van der Waals surface area (Å²) in [5.41, 5.74) is 4.94. The molecule has 0 atom stereocenters. The van der Waals surface area contributed by atoms with Crippen LogP contribution in [0.15, 0.2) is 48.9 Å². The van der Waals surface area contributed by atoms with Crippen LogP contribution in [0.25, 0.3) is 33.3 Å². The Labute approximate surface area is 200 Å². The van der Waals surface area contributed by atoms with E-state index in [0.717, 1.165) is 60.6 Å². The standard InChI is InChI=1S/C25H22ClN7O/c1-15-29-18-3-2-17(10-20(18)30-15)34-22-5-4-19-24(23(22)26)31-21(12-27-19)16-11-28-33(13-16)25-6-8-32(14-25)9-7-25/h2-5,10-13H,6-9,14H2,1H3,(H,29,30). The number of aromatic nitrogens is 6. The fourth-order valence-corrected chi connectivity index (χ4v) is 5.51. The van der Waals surface area contributed by atoms with Gasteiger partial charge in [-0.15, -0.1) is 0 Å². The number of aryl methyl sites for hydroxylation is 1. The average molecular weight is 472 g/mol. The summed E-state index contributed by atoms with van der Waals surface area (Å²) in [5.74, 6) is 2.06. The van der Waals surface area contributed by atoms with Gasteiger partial charge >= 0.3 is 0 Å². The molecule has 170 valence electrons. The number of fused-ring (bicyclic) bond motifs is 4. The molecule has 2 aliphatic rings. The highest BCUT2D eigenvalue weighted by Gasteiger charge is 2.45. The molecule has 7 rings (SSSR count). The molecule has 2 fully saturated rings. The minimum absolute atomic E-state index is 0.121. The van der Waals surface area contributed by atoms with Gasteiger partial charge in [0.2, 0.25) is 0 Å². The van der Waals surface area contributed by atoms with Crippen LogP contribution in [0.3, 0.4) is 0 Å². The first kappa shape index (κ1) is 19.9. The van der Waals surface area contributed by atoms with Gasteiger partial charge in [-0.2, -0.15) is 5.10 Å². The molecule has 8 nitrogen and oxygen atoms in total. The number of hydrogen-bond donors (Lipinski definition) is 1. The lowest BCUT2D eigenvalue weighted by atomic mass is 9.96. The average Bonchev–Trinajstić information content (AvgIpc) is 3.64. The Morgan fingerprint density at radius 3 is 2.74 bits per heavy atom. The Bertz CT molecular complexity index is 1560. The molecule has 34 heavy (non-hydrogen) atoms. The largest absolute Gasteiger partial charge is 0.456 e. The van der Waals surface area contributed by atoms with Crippen LogP contribution in [0.5, 0.6) is 11.5 Å². The molecular weight excluding hydrogens is 450 g/mol. The Kier molecular flexibility index (Phi) is 4.25. The molecule has 2 saturated heterocycles. The SMILES string of the molecule is Cc1nc2ccc(Oc3ccc4ncc(-c5cnn(C67CCN(CC6)C7)c5)nc4c3Cl)cc2[nH]1. The zero-order valence-electron chi connectivity index (χ0n) is 18.6. The topological polar surface area (TPSA) is 84.8 Å². The molecule has 2 aromatic carbocycles. The van der Waals surface area contributed by atoms with Crippen LogP contribution < -0.4 is 4.74 Å². The first-order chi connectivity index (χ1) is 16.6. The van der Waals surface area contributed by atoms with E-state index < -0.39 is 0 Å². The molecule has 5 heterocycles. The third-order valence-electron chi connectivity index (χ3n) is 7.09. The van der Waals surface area contributed by atoms with E-state index in [4.69, 9.17) is 26.4 Å². The van der Waals surface area contributed by atoms with Gasteiger partial charge in [0.25, 0.3) is 0 Å². The van der Waals surface area contributed by atoms with E-state index in [2.05, 4.69) is 30.7 Å². The zero-order chi connectivity index (χ0) is 22.9. The maximum absolute atomic E-state index is 6.76. The van der Waals surface area contributed by atoms with Crippen molar-refractivity contribution in [2.75, 3.05) is 19.6 Å². The molecule has 5 aromatic rings. The van der Waals surface area contributed by atoms with Crippen LogP contribution in [0.1, 0.15) is 18.7 Å². The van der Waals surface area contributed by atoms with Crippen molar-refractivity contribution in [2.45, 2.75) is 25.3 Å². The van der Waals surface area contributed by atoms with E-state index in [0.29, 0.717) is 27.6 Å². The van der Waals surface area contributed by atoms with Crippen molar-refractivity contribution < 1.29 is 4.74 Å². The normalized spacial score (nSPS) is 21.6. The number of hydrogen-bond acceptors (Lipinski definition) is 6. The van der Waals surface area contributed by atoms with Gasteiger partial charge in [-0.1, -0.05) is 11.6 Å². The maximum Gasteiger partial charge on any atom is 0.148 e. The first-order valence-corrected chi connectivity index (χ1v) is 11.8. The number of rotatable bonds is 4. The van der Waals surface area contributed by atoms with Crippen molar-refractivity contribution in [3.05, 3.63) is 59.8 Å². The van der Waals surface area contributed by atoms with E-state index in [1.165, 1.54) is 0 Å². The van der Waals surface area contributed by atoms with Gasteiger partial charge in [0.05, 0.1) is 40.2 Å². The van der Waals surface area contributed by atoms with Crippen molar-refractivity contribution in [1.29, 1.82) is 0 Å². The summed E-state index contributed by atoms with van der Waals surface area (Å²) in [5, 5.41) is 5.13. The highest BCUT2D eigenvalue weighted by atomic mass is 35.5. The number of nitrogens with one attached hydrogen (secondary N) is 1. The van der Waals surface area contributed by atoms with E-state index in [1.807, 2.05) is 43.5 Å².